The van der Waals surface area contributed by atoms with Crippen molar-refractivity contribution in [2.24, 2.45) is 0 Å². The Bertz CT molecular complexity index is 1170. The van der Waals surface area contributed by atoms with Gasteiger partial charge in [-0.2, -0.15) is 0 Å². The number of ketones is 1. The Balaban J connectivity index is 1.61. The summed E-state index contributed by atoms with van der Waals surface area (Å²) in [5.41, 5.74) is 2.52. The van der Waals surface area contributed by atoms with Gasteiger partial charge in [0, 0.05) is 17.8 Å². The van der Waals surface area contributed by atoms with Gasteiger partial charge in [0.1, 0.15) is 17.0 Å². The smallest absolute Gasteiger partial charge is 0.412 e. The molecule has 0 bridgehead atoms. The van der Waals surface area contributed by atoms with E-state index in [-0.39, 0.29) is 23.6 Å². The maximum atomic E-state index is 12.6. The van der Waals surface area contributed by atoms with Crippen LogP contribution in [0.25, 0.3) is 0 Å². The second kappa shape index (κ2) is 10.0. The standard InChI is InChI=1S/C25H26N4O4/c1-16-7-5-9-18(11-16)28-23(31)21-15-26-20(14-27-21)22(30)13-17-8-6-10-19(12-17)29-24(32)33-25(2,3)4/h5-12,14-15H,13H2,1-4H3,(H,28,31)(H,29,32). The zero-order chi connectivity index (χ0) is 24.0. The second-order valence-electron chi connectivity index (χ2n) is 8.54. The lowest BCUT2D eigenvalue weighted by Gasteiger charge is -2.19. The molecule has 0 spiro atoms. The molecule has 1 aromatic heterocycles. The van der Waals surface area contributed by atoms with Crippen molar-refractivity contribution in [1.82, 2.24) is 9.97 Å². The van der Waals surface area contributed by atoms with Crippen LogP contribution in [0.5, 0.6) is 0 Å². The molecule has 0 aliphatic carbocycles. The summed E-state index contributed by atoms with van der Waals surface area (Å²) < 4.78 is 5.24. The predicted molar refractivity (Wildman–Crippen MR) is 125 cm³/mol. The summed E-state index contributed by atoms with van der Waals surface area (Å²) in [6.45, 7) is 7.26. The third-order valence-electron chi connectivity index (χ3n) is 4.38. The van der Waals surface area contributed by atoms with Crippen molar-refractivity contribution in [3.05, 3.63) is 83.4 Å². The maximum Gasteiger partial charge on any atom is 0.412 e. The Hall–Kier alpha value is -4.07. The zero-order valence-electron chi connectivity index (χ0n) is 19.0. The molecule has 2 N–H and O–H groups in total. The predicted octanol–water partition coefficient (Wildman–Crippen LogP) is 4.81. The first kappa shape index (κ1) is 23.6. The number of benzene rings is 2. The number of aromatic nitrogens is 2. The maximum absolute atomic E-state index is 12.6. The molecule has 8 heteroatoms. The summed E-state index contributed by atoms with van der Waals surface area (Å²) in [7, 11) is 0. The van der Waals surface area contributed by atoms with Crippen molar-refractivity contribution in [1.29, 1.82) is 0 Å². The Morgan fingerprint density at radius 2 is 1.52 bits per heavy atom. The number of carbonyl (C=O) groups excluding carboxylic acids is 3. The Morgan fingerprint density at radius 1 is 0.879 bits per heavy atom. The average molecular weight is 447 g/mol. The molecule has 0 unspecified atom stereocenters. The lowest BCUT2D eigenvalue weighted by Crippen LogP contribution is -2.27. The number of aryl methyl sites for hydroxylation is 1. The van der Waals surface area contributed by atoms with E-state index in [4.69, 9.17) is 4.74 Å². The lowest BCUT2D eigenvalue weighted by molar-refractivity contribution is 0.0635. The van der Waals surface area contributed by atoms with E-state index in [0.29, 0.717) is 16.9 Å². The molecule has 0 radical (unpaired) electrons. The summed E-state index contributed by atoms with van der Waals surface area (Å²) >= 11 is 0. The molecule has 0 aliphatic heterocycles. The highest BCUT2D eigenvalue weighted by atomic mass is 16.6. The van der Waals surface area contributed by atoms with E-state index in [0.717, 1.165) is 5.56 Å². The first-order valence-electron chi connectivity index (χ1n) is 10.4. The van der Waals surface area contributed by atoms with Crippen molar-refractivity contribution in [2.75, 3.05) is 10.6 Å². The number of nitrogens with zero attached hydrogens (tertiary/aromatic N) is 2. The molecule has 0 aliphatic rings. The first-order valence-corrected chi connectivity index (χ1v) is 10.4. The molecule has 0 saturated carbocycles. The van der Waals surface area contributed by atoms with Crippen LogP contribution in [-0.4, -0.2) is 33.4 Å². The number of carbonyl (C=O) groups is 3. The van der Waals surface area contributed by atoms with Gasteiger partial charge >= 0.3 is 6.09 Å². The topological polar surface area (TPSA) is 110 Å². The highest BCUT2D eigenvalue weighted by Gasteiger charge is 2.17. The van der Waals surface area contributed by atoms with E-state index in [2.05, 4.69) is 20.6 Å². The fourth-order valence-corrected chi connectivity index (χ4v) is 2.96. The summed E-state index contributed by atoms with van der Waals surface area (Å²) in [6, 6.07) is 14.3. The third kappa shape index (κ3) is 7.24. The zero-order valence-corrected chi connectivity index (χ0v) is 19.0. The fraction of sp³-hybridized carbons (Fsp3) is 0.240. The number of ether oxygens (including phenoxy) is 1. The van der Waals surface area contributed by atoms with Crippen molar-refractivity contribution < 1.29 is 19.1 Å². The average Bonchev–Trinajstić information content (AvgIpc) is 2.72. The molecule has 0 fully saturated rings. The summed E-state index contributed by atoms with van der Waals surface area (Å²) in [4.78, 5) is 45.1. The minimum Gasteiger partial charge on any atom is -0.444 e. The molecule has 8 nitrogen and oxygen atoms in total. The van der Waals surface area contributed by atoms with Gasteiger partial charge in [-0.15, -0.1) is 0 Å². The van der Waals surface area contributed by atoms with Crippen LogP contribution in [0.1, 0.15) is 52.9 Å². The molecule has 2 aromatic carbocycles. The number of Topliss-reactive ketones (excluding diaryl/α,β-unsaturated/α-hetero) is 1. The van der Waals surface area contributed by atoms with Crippen LogP contribution in [0.2, 0.25) is 0 Å². The normalized spacial score (nSPS) is 10.9. The molecule has 3 rings (SSSR count). The van der Waals surface area contributed by atoms with Gasteiger partial charge < -0.3 is 10.1 Å². The molecule has 3 aromatic rings. The lowest BCUT2D eigenvalue weighted by atomic mass is 10.1. The van der Waals surface area contributed by atoms with Crippen molar-refractivity contribution in [3.63, 3.8) is 0 Å². The number of nitrogens with one attached hydrogen (secondary N) is 2. The molecule has 2 amide bonds. The van der Waals surface area contributed by atoms with Crippen LogP contribution in [-0.2, 0) is 11.2 Å². The van der Waals surface area contributed by atoms with E-state index >= 15 is 0 Å². The Kier molecular flexibility index (Phi) is 7.17. The minimum absolute atomic E-state index is 0.0629. The van der Waals surface area contributed by atoms with Crippen molar-refractivity contribution in [3.8, 4) is 0 Å². The second-order valence-corrected chi connectivity index (χ2v) is 8.54. The Morgan fingerprint density at radius 3 is 2.15 bits per heavy atom. The van der Waals surface area contributed by atoms with Gasteiger partial charge in [0.15, 0.2) is 5.78 Å². The third-order valence-corrected chi connectivity index (χ3v) is 4.38. The van der Waals surface area contributed by atoms with Crippen molar-refractivity contribution >= 4 is 29.2 Å². The van der Waals surface area contributed by atoms with Crippen LogP contribution in [0, 0.1) is 6.92 Å². The van der Waals surface area contributed by atoms with E-state index in [1.165, 1.54) is 12.4 Å². The van der Waals surface area contributed by atoms with Crippen LogP contribution >= 0.6 is 0 Å². The summed E-state index contributed by atoms with van der Waals surface area (Å²) in [6.07, 6.45) is 2.05. The molecular formula is C25H26N4O4. The number of hydrogen-bond acceptors (Lipinski definition) is 6. The largest absolute Gasteiger partial charge is 0.444 e. The van der Waals surface area contributed by atoms with Gasteiger partial charge in [0.2, 0.25) is 0 Å². The highest BCUT2D eigenvalue weighted by Crippen LogP contribution is 2.15. The van der Waals surface area contributed by atoms with Crippen LogP contribution in [0.3, 0.4) is 0 Å². The molecule has 170 valence electrons. The van der Waals surface area contributed by atoms with Gasteiger partial charge in [-0.05, 0) is 63.1 Å². The van der Waals surface area contributed by atoms with Gasteiger partial charge in [-0.1, -0.05) is 24.3 Å². The summed E-state index contributed by atoms with van der Waals surface area (Å²) in [5.74, 6) is -0.671. The SMILES string of the molecule is Cc1cccc(NC(=O)c2cnc(C(=O)Cc3cccc(NC(=O)OC(C)(C)C)c3)cn2)c1. The quantitative estimate of drug-likeness (QED) is 0.526. The van der Waals surface area contributed by atoms with Gasteiger partial charge in [-0.25, -0.2) is 14.8 Å². The molecule has 33 heavy (non-hydrogen) atoms. The minimum atomic E-state index is -0.612. The van der Waals surface area contributed by atoms with E-state index < -0.39 is 17.6 Å². The number of anilines is 2. The highest BCUT2D eigenvalue weighted by molar-refractivity contribution is 6.03. The van der Waals surface area contributed by atoms with E-state index in [1.54, 1.807) is 51.1 Å². The monoisotopic (exact) mass is 446 g/mol. The first-order chi connectivity index (χ1) is 15.6. The molecular weight excluding hydrogens is 420 g/mol. The summed E-state index contributed by atoms with van der Waals surface area (Å²) in [5, 5.41) is 5.40. The number of hydrogen-bond donors (Lipinski definition) is 2. The number of rotatable bonds is 6. The molecule has 0 atom stereocenters. The number of amides is 2. The van der Waals surface area contributed by atoms with Crippen LogP contribution in [0.15, 0.2) is 60.9 Å². The van der Waals surface area contributed by atoms with Gasteiger partial charge in [0.25, 0.3) is 5.91 Å². The van der Waals surface area contributed by atoms with E-state index in [9.17, 15) is 14.4 Å². The van der Waals surface area contributed by atoms with Gasteiger partial charge in [0.05, 0.1) is 12.4 Å². The van der Waals surface area contributed by atoms with Crippen LogP contribution in [0.4, 0.5) is 16.2 Å². The van der Waals surface area contributed by atoms with Crippen molar-refractivity contribution in [2.45, 2.75) is 39.7 Å². The van der Waals surface area contributed by atoms with Crippen LogP contribution < -0.4 is 10.6 Å². The fourth-order valence-electron chi connectivity index (χ4n) is 2.96. The molecule has 1 heterocycles. The molecule has 0 saturated heterocycles. The van der Waals surface area contributed by atoms with E-state index in [1.807, 2.05) is 25.1 Å². The van der Waals surface area contributed by atoms with Gasteiger partial charge in [-0.3, -0.25) is 14.9 Å². The Labute approximate surface area is 192 Å².